The van der Waals surface area contributed by atoms with E-state index >= 15 is 0 Å². The molecule has 3 heteroatoms. The van der Waals surface area contributed by atoms with Crippen molar-refractivity contribution in [1.82, 2.24) is 4.90 Å². The maximum Gasteiger partial charge on any atom is 0.0472 e. The van der Waals surface area contributed by atoms with Crippen LogP contribution in [0.1, 0.15) is 32.6 Å². The largest absolute Gasteiger partial charge is 0.381 e. The molecule has 0 radical (unpaired) electrons. The molecule has 1 saturated carbocycles. The predicted octanol–water partition coefficient (Wildman–Crippen LogP) is 2.91. The molecule has 2 rings (SSSR count). The zero-order chi connectivity index (χ0) is 11.6. The fourth-order valence-corrected chi connectivity index (χ4v) is 3.49. The van der Waals surface area contributed by atoms with E-state index in [1.54, 1.807) is 0 Å². The Morgan fingerprint density at radius 2 is 2.00 bits per heavy atom. The van der Waals surface area contributed by atoms with Gasteiger partial charge in [0.1, 0.15) is 0 Å². The van der Waals surface area contributed by atoms with Gasteiger partial charge in [-0.15, -0.1) is 0 Å². The molecule has 1 unspecified atom stereocenters. The van der Waals surface area contributed by atoms with Gasteiger partial charge in [0, 0.05) is 31.1 Å². The molecule has 1 saturated heterocycles. The van der Waals surface area contributed by atoms with Crippen LogP contribution in [-0.4, -0.2) is 43.1 Å². The molecule has 0 bridgehead atoms. The number of ether oxygens (including phenoxy) is 1. The second kappa shape index (κ2) is 5.36. The highest BCUT2D eigenvalue weighted by atomic mass is 79.9. The highest BCUT2D eigenvalue weighted by Gasteiger charge is 2.37. The summed E-state index contributed by atoms with van der Waals surface area (Å²) in [5.74, 6) is 0.970. The minimum Gasteiger partial charge on any atom is -0.381 e. The molecule has 0 spiro atoms. The third-order valence-electron chi connectivity index (χ3n) is 4.42. The Kier molecular flexibility index (Phi) is 4.31. The molecule has 1 atom stereocenters. The average Bonchev–Trinajstić information content (AvgIpc) is 3.13. The highest BCUT2D eigenvalue weighted by Crippen LogP contribution is 2.38. The first-order valence-corrected chi connectivity index (χ1v) is 7.63. The Labute approximate surface area is 108 Å². The van der Waals surface area contributed by atoms with Gasteiger partial charge < -0.3 is 9.64 Å². The van der Waals surface area contributed by atoms with Crippen LogP contribution in [0.25, 0.3) is 0 Å². The molecule has 94 valence electrons. The van der Waals surface area contributed by atoms with Crippen LogP contribution in [0.4, 0.5) is 0 Å². The molecule has 16 heavy (non-hydrogen) atoms. The van der Waals surface area contributed by atoms with Crippen LogP contribution >= 0.6 is 15.9 Å². The zero-order valence-electron chi connectivity index (χ0n) is 10.5. The minimum absolute atomic E-state index is 0.455. The molecule has 0 aromatic heterocycles. The van der Waals surface area contributed by atoms with E-state index in [1.807, 2.05) is 0 Å². The van der Waals surface area contributed by atoms with Gasteiger partial charge in [-0.05, 0) is 51.0 Å². The number of hydrogen-bond acceptors (Lipinski definition) is 2. The highest BCUT2D eigenvalue weighted by molar-refractivity contribution is 9.09. The molecule has 0 amide bonds. The third kappa shape index (κ3) is 2.99. The van der Waals surface area contributed by atoms with E-state index in [0.29, 0.717) is 5.41 Å². The minimum atomic E-state index is 0.455. The summed E-state index contributed by atoms with van der Waals surface area (Å²) in [4.78, 5) is 2.57. The van der Waals surface area contributed by atoms with Crippen molar-refractivity contribution in [2.24, 2.45) is 11.3 Å². The summed E-state index contributed by atoms with van der Waals surface area (Å²) in [6.07, 6.45) is 5.30. The molecular weight excluding hydrogens is 266 g/mol. The molecule has 0 aromatic carbocycles. The van der Waals surface area contributed by atoms with E-state index in [-0.39, 0.29) is 0 Å². The van der Waals surface area contributed by atoms with Gasteiger partial charge >= 0.3 is 0 Å². The van der Waals surface area contributed by atoms with Crippen molar-refractivity contribution >= 4 is 15.9 Å². The SMILES string of the molecule is CC(C1CC1)N(C)CC1(CBr)CCOCC1. The van der Waals surface area contributed by atoms with Crippen LogP contribution in [0.2, 0.25) is 0 Å². The van der Waals surface area contributed by atoms with Gasteiger partial charge in [-0.3, -0.25) is 0 Å². The Balaban J connectivity index is 1.88. The smallest absolute Gasteiger partial charge is 0.0472 e. The van der Waals surface area contributed by atoms with E-state index < -0.39 is 0 Å². The van der Waals surface area contributed by atoms with Crippen molar-refractivity contribution in [3.8, 4) is 0 Å². The fraction of sp³-hybridized carbons (Fsp3) is 1.00. The van der Waals surface area contributed by atoms with E-state index in [2.05, 4.69) is 34.8 Å². The molecule has 1 aliphatic carbocycles. The summed E-state index contributed by atoms with van der Waals surface area (Å²) in [6.45, 7) is 5.49. The first-order valence-electron chi connectivity index (χ1n) is 6.51. The van der Waals surface area contributed by atoms with Crippen LogP contribution in [0.15, 0.2) is 0 Å². The number of alkyl halides is 1. The number of halogens is 1. The topological polar surface area (TPSA) is 12.5 Å². The molecule has 2 fully saturated rings. The summed E-state index contributed by atoms with van der Waals surface area (Å²) in [7, 11) is 2.29. The van der Waals surface area contributed by atoms with Gasteiger partial charge in [-0.1, -0.05) is 15.9 Å². The van der Waals surface area contributed by atoms with Crippen molar-refractivity contribution in [2.45, 2.75) is 38.6 Å². The molecule has 0 aromatic rings. The Morgan fingerprint density at radius 3 is 2.50 bits per heavy atom. The van der Waals surface area contributed by atoms with Crippen molar-refractivity contribution in [3.63, 3.8) is 0 Å². The standard InChI is InChI=1S/C13H24BrNO/c1-11(12-3-4-12)15(2)10-13(9-14)5-7-16-8-6-13/h11-12H,3-10H2,1-2H3. The van der Waals surface area contributed by atoms with Gasteiger partial charge in [0.15, 0.2) is 0 Å². The second-order valence-corrected chi connectivity index (χ2v) is 6.30. The molecule has 0 N–H and O–H groups in total. The van der Waals surface area contributed by atoms with E-state index in [1.165, 1.54) is 32.2 Å². The number of rotatable bonds is 5. The van der Waals surface area contributed by atoms with Crippen LogP contribution in [-0.2, 0) is 4.74 Å². The molecule has 1 heterocycles. The molecule has 2 nitrogen and oxygen atoms in total. The lowest BCUT2D eigenvalue weighted by molar-refractivity contribution is 0.00552. The van der Waals surface area contributed by atoms with Crippen molar-refractivity contribution in [3.05, 3.63) is 0 Å². The van der Waals surface area contributed by atoms with Crippen molar-refractivity contribution in [2.75, 3.05) is 32.1 Å². The Hall–Kier alpha value is 0.400. The van der Waals surface area contributed by atoms with Crippen LogP contribution < -0.4 is 0 Å². The van der Waals surface area contributed by atoms with Crippen molar-refractivity contribution in [1.29, 1.82) is 0 Å². The summed E-state index contributed by atoms with van der Waals surface area (Å²) >= 11 is 3.72. The van der Waals surface area contributed by atoms with E-state index in [9.17, 15) is 0 Å². The average molecular weight is 290 g/mol. The molecule has 1 aliphatic heterocycles. The van der Waals surface area contributed by atoms with Crippen molar-refractivity contribution < 1.29 is 4.74 Å². The quantitative estimate of drug-likeness (QED) is 0.722. The fourth-order valence-electron chi connectivity index (χ4n) is 2.75. The second-order valence-electron chi connectivity index (χ2n) is 5.74. The Morgan fingerprint density at radius 1 is 1.38 bits per heavy atom. The van der Waals surface area contributed by atoms with Gasteiger partial charge in [0.05, 0.1) is 0 Å². The summed E-state index contributed by atoms with van der Waals surface area (Å²) < 4.78 is 5.49. The monoisotopic (exact) mass is 289 g/mol. The van der Waals surface area contributed by atoms with Gasteiger partial charge in [0.2, 0.25) is 0 Å². The van der Waals surface area contributed by atoms with Crippen LogP contribution in [0.3, 0.4) is 0 Å². The molecule has 2 aliphatic rings. The first kappa shape index (κ1) is 12.8. The lowest BCUT2D eigenvalue weighted by atomic mass is 9.81. The Bertz CT molecular complexity index is 224. The normalized spacial score (nSPS) is 27.0. The van der Waals surface area contributed by atoms with Crippen LogP contribution in [0, 0.1) is 11.3 Å². The lowest BCUT2D eigenvalue weighted by Gasteiger charge is -2.40. The summed E-state index contributed by atoms with van der Waals surface area (Å²) in [5.41, 5.74) is 0.455. The van der Waals surface area contributed by atoms with E-state index in [4.69, 9.17) is 4.74 Å². The van der Waals surface area contributed by atoms with E-state index in [0.717, 1.165) is 30.5 Å². The van der Waals surface area contributed by atoms with Crippen LogP contribution in [0.5, 0.6) is 0 Å². The van der Waals surface area contributed by atoms with Gasteiger partial charge in [0.25, 0.3) is 0 Å². The van der Waals surface area contributed by atoms with Gasteiger partial charge in [-0.2, -0.15) is 0 Å². The predicted molar refractivity (Wildman–Crippen MR) is 71.1 cm³/mol. The van der Waals surface area contributed by atoms with Gasteiger partial charge in [-0.25, -0.2) is 0 Å². The molecular formula is C13H24BrNO. The number of hydrogen-bond donors (Lipinski definition) is 0. The zero-order valence-corrected chi connectivity index (χ0v) is 12.1. The summed E-state index contributed by atoms with van der Waals surface area (Å²) in [6, 6.07) is 0.763. The summed E-state index contributed by atoms with van der Waals surface area (Å²) in [5, 5.41) is 1.12. The maximum atomic E-state index is 5.49. The third-order valence-corrected chi connectivity index (χ3v) is 5.61. The lowest BCUT2D eigenvalue weighted by Crippen LogP contribution is -2.44. The number of nitrogens with zero attached hydrogens (tertiary/aromatic N) is 1. The first-order chi connectivity index (χ1) is 7.67. The maximum absolute atomic E-state index is 5.49.